The smallest absolute Gasteiger partial charge is 0.414 e. The van der Waals surface area contributed by atoms with E-state index < -0.39 is 16.1 Å². The summed E-state index contributed by atoms with van der Waals surface area (Å²) in [7, 11) is -0.875. The molecule has 0 saturated carbocycles. The van der Waals surface area contributed by atoms with Gasteiger partial charge in [-0.25, -0.2) is 13.2 Å². The van der Waals surface area contributed by atoms with Gasteiger partial charge in [-0.1, -0.05) is 54.6 Å². The molecule has 8 nitrogen and oxygen atoms in total. The number of benzene rings is 5. The van der Waals surface area contributed by atoms with Crippen LogP contribution in [-0.2, 0) is 10.0 Å². The molecule has 9 heteroatoms. The number of hydrogen-bond donors (Lipinski definition) is 2. The minimum Gasteiger partial charge on any atom is -0.507 e. The average molecular weight is 557 g/mol. The lowest BCUT2D eigenvalue weighted by Crippen LogP contribution is -2.29. The number of carbonyl (C=O) groups excluding carboxylic acids is 1. The van der Waals surface area contributed by atoms with Gasteiger partial charge in [0.15, 0.2) is 0 Å². The highest BCUT2D eigenvalue weighted by atomic mass is 32.2. The number of aromatic hydroxyl groups is 1. The number of rotatable bonds is 7. The summed E-state index contributed by atoms with van der Waals surface area (Å²) in [5, 5.41) is 14.0. The Hall–Kier alpha value is -4.76. The quantitative estimate of drug-likeness (QED) is 0.218. The van der Waals surface area contributed by atoms with Gasteiger partial charge in [0, 0.05) is 35.5 Å². The molecule has 2 N–H and O–H groups in total. The second-order valence-corrected chi connectivity index (χ2v) is 10.9. The number of ether oxygens (including phenoxy) is 2. The Morgan fingerprint density at radius 3 is 2.23 bits per heavy atom. The number of methoxy groups -OCH3 is 1. The molecule has 0 atom stereocenters. The molecule has 5 aromatic rings. The summed E-state index contributed by atoms with van der Waals surface area (Å²) >= 11 is 0. The van der Waals surface area contributed by atoms with Crippen LogP contribution >= 0.6 is 0 Å². The van der Waals surface area contributed by atoms with Crippen LogP contribution in [0.15, 0.2) is 95.9 Å². The number of fused-ring (bicyclic) bond motifs is 2. The van der Waals surface area contributed by atoms with Crippen LogP contribution in [0, 0.1) is 0 Å². The van der Waals surface area contributed by atoms with Crippen molar-refractivity contribution < 1.29 is 27.8 Å². The number of nitrogens with zero attached hydrogens (tertiary/aromatic N) is 1. The molecule has 0 radical (unpaired) electrons. The van der Waals surface area contributed by atoms with E-state index in [-0.39, 0.29) is 22.1 Å². The average Bonchev–Trinajstić information content (AvgIpc) is 2.98. The number of phenols is 1. The van der Waals surface area contributed by atoms with Crippen molar-refractivity contribution in [2.45, 2.75) is 11.8 Å². The number of nitrogens with one attached hydrogen (secondary N) is 1. The molecule has 0 heterocycles. The normalized spacial score (nSPS) is 11.4. The summed E-state index contributed by atoms with van der Waals surface area (Å²) in [6.07, 6.45) is -0.556. The van der Waals surface area contributed by atoms with E-state index in [0.717, 1.165) is 10.8 Å². The number of sulfonamides is 1. The van der Waals surface area contributed by atoms with E-state index in [1.165, 1.54) is 24.1 Å². The van der Waals surface area contributed by atoms with Crippen molar-refractivity contribution in [2.75, 3.05) is 25.4 Å². The monoisotopic (exact) mass is 556 g/mol. The predicted octanol–water partition coefficient (Wildman–Crippen LogP) is 6.63. The van der Waals surface area contributed by atoms with Gasteiger partial charge in [0.25, 0.3) is 10.0 Å². The molecule has 0 fully saturated rings. The van der Waals surface area contributed by atoms with Crippen LogP contribution in [0.3, 0.4) is 0 Å². The summed E-state index contributed by atoms with van der Waals surface area (Å²) in [5.41, 5.74) is 1.03. The van der Waals surface area contributed by atoms with Gasteiger partial charge in [-0.15, -0.1) is 0 Å². The lowest BCUT2D eigenvalue weighted by atomic mass is 9.93. The molecule has 0 unspecified atom stereocenters. The van der Waals surface area contributed by atoms with Crippen molar-refractivity contribution >= 4 is 43.3 Å². The van der Waals surface area contributed by atoms with Crippen LogP contribution < -0.4 is 14.2 Å². The zero-order chi connectivity index (χ0) is 28.4. The molecule has 0 saturated heterocycles. The highest BCUT2D eigenvalue weighted by Gasteiger charge is 2.23. The van der Waals surface area contributed by atoms with Gasteiger partial charge in [0.05, 0.1) is 17.7 Å². The maximum atomic E-state index is 13.4. The third kappa shape index (κ3) is 4.99. The largest absolute Gasteiger partial charge is 0.507 e. The fraction of sp³-hybridized carbons (Fsp3) is 0.129. The zero-order valence-corrected chi connectivity index (χ0v) is 23.0. The first-order valence-corrected chi connectivity index (χ1v) is 14.1. The molecule has 0 aliphatic carbocycles. The minimum absolute atomic E-state index is 0.0504. The lowest BCUT2D eigenvalue weighted by Gasteiger charge is -2.20. The molecule has 0 spiro atoms. The molecule has 0 bridgehead atoms. The van der Waals surface area contributed by atoms with E-state index in [9.17, 15) is 18.3 Å². The summed E-state index contributed by atoms with van der Waals surface area (Å²) < 4.78 is 40.5. The molecule has 40 heavy (non-hydrogen) atoms. The van der Waals surface area contributed by atoms with Gasteiger partial charge in [-0.3, -0.25) is 4.72 Å². The summed E-state index contributed by atoms with van der Waals surface area (Å²) in [4.78, 5) is 14.2. The highest BCUT2D eigenvalue weighted by molar-refractivity contribution is 7.92. The summed E-state index contributed by atoms with van der Waals surface area (Å²) in [5.74, 6) is 0.696. The maximum absolute atomic E-state index is 13.4. The zero-order valence-electron chi connectivity index (χ0n) is 22.2. The number of hydrogen-bond acceptors (Lipinski definition) is 6. The fourth-order valence-corrected chi connectivity index (χ4v) is 5.58. The third-order valence-electron chi connectivity index (χ3n) is 6.77. The Labute approximate surface area is 232 Å². The van der Waals surface area contributed by atoms with Crippen LogP contribution in [0.25, 0.3) is 32.7 Å². The van der Waals surface area contributed by atoms with Crippen molar-refractivity contribution in [3.05, 3.63) is 91.0 Å². The SMILES string of the molecule is CCN(C)C(=O)Oc1ccc2ccccc2c1-c1cc(NS(=O)(=O)c2ccc(OC)cc2)c2ccccc2c1O. The highest BCUT2D eigenvalue weighted by Crippen LogP contribution is 2.46. The minimum atomic E-state index is -4.01. The van der Waals surface area contributed by atoms with Gasteiger partial charge < -0.3 is 19.5 Å². The number of amides is 1. The van der Waals surface area contributed by atoms with Gasteiger partial charge in [-0.2, -0.15) is 0 Å². The molecule has 0 aliphatic heterocycles. The summed E-state index contributed by atoms with van der Waals surface area (Å²) in [6, 6.07) is 25.6. The molecule has 5 aromatic carbocycles. The Kier molecular flexibility index (Phi) is 7.23. The van der Waals surface area contributed by atoms with Crippen LogP contribution in [-0.4, -0.2) is 45.2 Å². The van der Waals surface area contributed by atoms with Gasteiger partial charge >= 0.3 is 6.09 Å². The molecule has 1 amide bonds. The van der Waals surface area contributed by atoms with E-state index in [1.54, 1.807) is 55.6 Å². The van der Waals surface area contributed by atoms with Gasteiger partial charge in [0.1, 0.15) is 17.2 Å². The third-order valence-corrected chi connectivity index (χ3v) is 8.16. The van der Waals surface area contributed by atoms with Crippen molar-refractivity contribution in [3.8, 4) is 28.4 Å². The topological polar surface area (TPSA) is 105 Å². The first-order valence-electron chi connectivity index (χ1n) is 12.6. The van der Waals surface area contributed by atoms with Crippen LogP contribution in [0.4, 0.5) is 10.5 Å². The van der Waals surface area contributed by atoms with E-state index in [2.05, 4.69) is 4.72 Å². The van der Waals surface area contributed by atoms with E-state index in [4.69, 9.17) is 9.47 Å². The first kappa shape index (κ1) is 26.8. The fourth-order valence-electron chi connectivity index (χ4n) is 4.51. The number of carbonyl (C=O) groups is 1. The predicted molar refractivity (Wildman–Crippen MR) is 157 cm³/mol. The summed E-state index contributed by atoms with van der Waals surface area (Å²) in [6.45, 7) is 2.28. The Bertz CT molecular complexity index is 1840. The van der Waals surface area contributed by atoms with Crippen molar-refractivity contribution in [3.63, 3.8) is 0 Å². The van der Waals surface area contributed by atoms with Crippen molar-refractivity contribution in [1.82, 2.24) is 4.90 Å². The molecular formula is C31H28N2O6S. The van der Waals surface area contributed by atoms with Crippen LogP contribution in [0.5, 0.6) is 17.2 Å². The van der Waals surface area contributed by atoms with Crippen molar-refractivity contribution in [1.29, 1.82) is 0 Å². The number of phenolic OH excluding ortho intramolecular Hbond substituents is 1. The molecular weight excluding hydrogens is 528 g/mol. The number of anilines is 1. The molecule has 5 rings (SSSR count). The second-order valence-electron chi connectivity index (χ2n) is 9.19. The van der Waals surface area contributed by atoms with E-state index >= 15 is 0 Å². The maximum Gasteiger partial charge on any atom is 0.414 e. The molecule has 0 aliphatic rings. The molecule has 204 valence electrons. The Balaban J connectivity index is 1.73. The standard InChI is InChI=1S/C31H28N2O6S/c1-4-33(2)31(35)39-28-18-13-20-9-5-6-10-23(20)29(28)26-19-27(24-11-7-8-12-25(24)30(26)34)32-40(36,37)22-16-14-21(38-3)15-17-22/h5-19,32,34H,4H2,1-3H3. The second kappa shape index (κ2) is 10.8. The Morgan fingerprint density at radius 1 is 0.900 bits per heavy atom. The van der Waals surface area contributed by atoms with Crippen molar-refractivity contribution in [2.24, 2.45) is 0 Å². The Morgan fingerprint density at radius 2 is 1.55 bits per heavy atom. The van der Waals surface area contributed by atoms with Gasteiger partial charge in [-0.05, 0) is 54.1 Å². The van der Waals surface area contributed by atoms with E-state index in [0.29, 0.717) is 34.2 Å². The first-order chi connectivity index (χ1) is 19.2. The van der Waals surface area contributed by atoms with Gasteiger partial charge in [0.2, 0.25) is 0 Å². The van der Waals surface area contributed by atoms with E-state index in [1.807, 2.05) is 37.3 Å². The van der Waals surface area contributed by atoms with Crippen LogP contribution in [0.2, 0.25) is 0 Å². The molecule has 0 aromatic heterocycles. The lowest BCUT2D eigenvalue weighted by molar-refractivity contribution is 0.165. The van der Waals surface area contributed by atoms with Crippen LogP contribution in [0.1, 0.15) is 6.92 Å².